The molecule has 0 radical (unpaired) electrons. The lowest BCUT2D eigenvalue weighted by Crippen LogP contribution is -2.36. The largest absolute Gasteiger partial charge is 0.477 e. The molecule has 1 fully saturated rings. The third kappa shape index (κ3) is 6.15. The summed E-state index contributed by atoms with van der Waals surface area (Å²) in [7, 11) is -1.20. The Hall–Kier alpha value is -3.49. The van der Waals surface area contributed by atoms with Gasteiger partial charge in [0.15, 0.2) is 5.13 Å². The molecule has 186 valence electrons. The Morgan fingerprint density at radius 2 is 1.91 bits per heavy atom. The van der Waals surface area contributed by atoms with Crippen molar-refractivity contribution in [1.82, 2.24) is 15.0 Å². The van der Waals surface area contributed by atoms with Crippen LogP contribution in [0.3, 0.4) is 0 Å². The highest BCUT2D eigenvalue weighted by molar-refractivity contribution is 7.74. The van der Waals surface area contributed by atoms with Gasteiger partial charge in [-0.3, -0.25) is 9.62 Å². The van der Waals surface area contributed by atoms with Crippen molar-refractivity contribution in [3.05, 3.63) is 46.5 Å². The monoisotopic (exact) mass is 519 g/mol. The summed E-state index contributed by atoms with van der Waals surface area (Å²) in [6.45, 7) is 4.66. The van der Waals surface area contributed by atoms with E-state index in [1.807, 2.05) is 18.2 Å². The lowest BCUT2D eigenvalue weighted by atomic mass is 10.2. The molecule has 2 aromatic heterocycles. The van der Waals surface area contributed by atoms with Crippen LogP contribution < -0.4 is 19.8 Å². The van der Waals surface area contributed by atoms with Gasteiger partial charge in [0.1, 0.15) is 16.5 Å². The van der Waals surface area contributed by atoms with Crippen molar-refractivity contribution in [2.75, 3.05) is 53.2 Å². The van der Waals surface area contributed by atoms with Crippen molar-refractivity contribution < 1.29 is 23.1 Å². The number of nitrogens with one attached hydrogen (secondary N) is 2. The van der Waals surface area contributed by atoms with Crippen LogP contribution in [0.2, 0.25) is 0 Å². The number of carbonyl (C=O) groups is 1. The van der Waals surface area contributed by atoms with E-state index in [1.54, 1.807) is 19.1 Å². The molecule has 0 spiro atoms. The van der Waals surface area contributed by atoms with Crippen molar-refractivity contribution in [3.8, 4) is 0 Å². The fourth-order valence-electron chi connectivity index (χ4n) is 3.40. The summed E-state index contributed by atoms with van der Waals surface area (Å²) in [5.41, 5.74) is 1.93. The number of nitrogens with zero attached hydrogens (tertiary/aromatic N) is 5. The van der Waals surface area contributed by atoms with Crippen molar-refractivity contribution in [3.63, 3.8) is 0 Å². The number of carboxylic acid groups (broad SMARTS) is 1. The first-order valence-corrected chi connectivity index (χ1v) is 12.6. The Kier molecular flexibility index (Phi) is 7.63. The second-order valence-electron chi connectivity index (χ2n) is 7.68. The van der Waals surface area contributed by atoms with E-state index in [2.05, 4.69) is 30.5 Å². The Balaban J connectivity index is 1.54. The number of anilines is 5. The molecule has 3 aromatic rings. The number of aromatic carboxylic acids is 1. The molecule has 3 heterocycles. The quantitative estimate of drug-likeness (QED) is 0.308. The van der Waals surface area contributed by atoms with Gasteiger partial charge in [-0.15, -0.1) is 0 Å². The van der Waals surface area contributed by atoms with E-state index in [4.69, 9.17) is 4.74 Å². The smallest absolute Gasteiger partial charge is 0.347 e. The summed E-state index contributed by atoms with van der Waals surface area (Å²) in [6.07, 6.45) is 0. The molecule has 0 bridgehead atoms. The number of hydrogen-bond donors (Lipinski definition) is 4. The Labute approximate surface area is 207 Å². The standard InChI is InChI=1S/C21H25N7O5S2/c1-13-18(19(29)30)34-21(23-13)26-20-24-16(11-17(25-20)28-7-9-33-10-8-28)22-12-14-3-5-15(6-4-14)27(2)35(31)32/h3-6,11,35H,7-10,12H2,1-2H3,(H,29,30)(H2,22,23,24,25,26). The van der Waals surface area contributed by atoms with Gasteiger partial charge < -0.3 is 20.1 Å². The molecule has 3 N–H and O–H groups in total. The Bertz CT molecular complexity index is 1270. The molecule has 0 aliphatic carbocycles. The van der Waals surface area contributed by atoms with Crippen LogP contribution in [0.25, 0.3) is 0 Å². The maximum absolute atomic E-state index is 11.4. The Morgan fingerprint density at radius 1 is 1.20 bits per heavy atom. The van der Waals surface area contributed by atoms with E-state index in [0.29, 0.717) is 66.9 Å². The number of aryl methyl sites for hydroxylation is 1. The predicted octanol–water partition coefficient (Wildman–Crippen LogP) is 2.09. The third-order valence-electron chi connectivity index (χ3n) is 5.29. The minimum absolute atomic E-state index is 0.158. The molecule has 0 saturated carbocycles. The molecule has 4 rings (SSSR count). The zero-order valence-corrected chi connectivity index (χ0v) is 20.8. The van der Waals surface area contributed by atoms with Crippen LogP contribution in [0, 0.1) is 6.92 Å². The number of aromatic nitrogens is 3. The van der Waals surface area contributed by atoms with Crippen molar-refractivity contribution in [2.24, 2.45) is 0 Å². The van der Waals surface area contributed by atoms with Gasteiger partial charge in [0.2, 0.25) is 16.8 Å². The van der Waals surface area contributed by atoms with Crippen molar-refractivity contribution >= 4 is 56.6 Å². The SMILES string of the molecule is Cc1nc(Nc2nc(NCc3ccc(N(C)[SH](=O)=O)cc3)cc(N3CCOCC3)n2)sc1C(=O)O. The number of carboxylic acids is 1. The van der Waals surface area contributed by atoms with E-state index < -0.39 is 16.9 Å². The molecule has 14 heteroatoms. The number of ether oxygens (including phenoxy) is 1. The molecular weight excluding hydrogens is 494 g/mol. The summed E-state index contributed by atoms with van der Waals surface area (Å²) < 4.78 is 28.9. The number of hydrogen-bond acceptors (Lipinski definition) is 11. The van der Waals surface area contributed by atoms with E-state index >= 15 is 0 Å². The molecule has 0 unspecified atom stereocenters. The van der Waals surface area contributed by atoms with Crippen molar-refractivity contribution in [2.45, 2.75) is 13.5 Å². The number of thiol groups is 1. The average Bonchev–Trinajstić information content (AvgIpc) is 3.23. The minimum Gasteiger partial charge on any atom is -0.477 e. The zero-order valence-electron chi connectivity index (χ0n) is 19.1. The van der Waals surface area contributed by atoms with Gasteiger partial charge in [-0.1, -0.05) is 23.5 Å². The maximum atomic E-state index is 11.4. The van der Waals surface area contributed by atoms with Gasteiger partial charge in [-0.05, 0) is 24.6 Å². The van der Waals surface area contributed by atoms with Crippen LogP contribution >= 0.6 is 11.3 Å². The van der Waals surface area contributed by atoms with Gasteiger partial charge in [-0.2, -0.15) is 9.97 Å². The lowest BCUT2D eigenvalue weighted by molar-refractivity contribution is 0.0701. The van der Waals surface area contributed by atoms with Gasteiger partial charge in [0.05, 0.1) is 24.6 Å². The highest BCUT2D eigenvalue weighted by Gasteiger charge is 2.18. The summed E-state index contributed by atoms with van der Waals surface area (Å²) >= 11 is 1.02. The fraction of sp³-hybridized carbons (Fsp3) is 0.333. The molecule has 1 saturated heterocycles. The topological polar surface area (TPSA) is 150 Å². The molecule has 12 nitrogen and oxygen atoms in total. The molecule has 1 aliphatic rings. The average molecular weight is 520 g/mol. The molecule has 1 aromatic carbocycles. The normalized spacial score (nSPS) is 13.6. The van der Waals surface area contributed by atoms with E-state index in [1.165, 1.54) is 11.4 Å². The maximum Gasteiger partial charge on any atom is 0.347 e. The van der Waals surface area contributed by atoms with Crippen LogP contribution in [0.1, 0.15) is 20.9 Å². The highest BCUT2D eigenvalue weighted by atomic mass is 32.2. The molecule has 1 aliphatic heterocycles. The summed E-state index contributed by atoms with van der Waals surface area (Å²) in [6, 6.07) is 8.99. The second kappa shape index (κ2) is 10.8. The van der Waals surface area contributed by atoms with Gasteiger partial charge >= 0.3 is 5.97 Å². The number of benzene rings is 1. The number of morpholine rings is 1. The predicted molar refractivity (Wildman–Crippen MR) is 135 cm³/mol. The van der Waals surface area contributed by atoms with E-state index in [0.717, 1.165) is 16.9 Å². The Morgan fingerprint density at radius 3 is 2.54 bits per heavy atom. The van der Waals surface area contributed by atoms with Crippen LogP contribution in [0.5, 0.6) is 0 Å². The van der Waals surface area contributed by atoms with Gasteiger partial charge in [0.25, 0.3) is 0 Å². The van der Waals surface area contributed by atoms with Gasteiger partial charge in [0, 0.05) is 32.7 Å². The molecule has 35 heavy (non-hydrogen) atoms. The zero-order chi connectivity index (χ0) is 24.9. The summed E-state index contributed by atoms with van der Waals surface area (Å²) in [5, 5.41) is 16.0. The van der Waals surface area contributed by atoms with Crippen LogP contribution in [-0.2, 0) is 22.2 Å². The van der Waals surface area contributed by atoms with E-state index in [-0.39, 0.29) is 4.88 Å². The first-order chi connectivity index (χ1) is 16.8. The highest BCUT2D eigenvalue weighted by Crippen LogP contribution is 2.27. The van der Waals surface area contributed by atoms with E-state index in [9.17, 15) is 18.3 Å². The minimum atomic E-state index is -2.69. The van der Waals surface area contributed by atoms with Crippen LogP contribution in [0.15, 0.2) is 30.3 Å². The first kappa shape index (κ1) is 24.6. The molecule has 0 atom stereocenters. The molecular formula is C21H25N7O5S2. The van der Waals surface area contributed by atoms with Gasteiger partial charge in [-0.25, -0.2) is 18.2 Å². The van der Waals surface area contributed by atoms with Crippen LogP contribution in [-0.4, -0.2) is 67.8 Å². The van der Waals surface area contributed by atoms with Crippen molar-refractivity contribution in [1.29, 1.82) is 0 Å². The lowest BCUT2D eigenvalue weighted by Gasteiger charge is -2.28. The summed E-state index contributed by atoms with van der Waals surface area (Å²) in [4.78, 5) is 27.0. The summed E-state index contributed by atoms with van der Waals surface area (Å²) in [5.74, 6) is 0.534. The fourth-order valence-corrected chi connectivity index (χ4v) is 4.52. The first-order valence-electron chi connectivity index (χ1n) is 10.7. The number of rotatable bonds is 9. The third-order valence-corrected chi connectivity index (χ3v) is 7.07. The second-order valence-corrected chi connectivity index (χ2v) is 9.75. The molecule has 0 amide bonds. The van der Waals surface area contributed by atoms with Crippen LogP contribution in [0.4, 0.5) is 28.4 Å². The number of thiazole rings is 1.